The van der Waals surface area contributed by atoms with Crippen LogP contribution >= 0.6 is 0 Å². The van der Waals surface area contributed by atoms with Crippen molar-refractivity contribution in [3.8, 4) is 0 Å². The molecule has 0 aromatic heterocycles. The van der Waals surface area contributed by atoms with Crippen LogP contribution in [0.4, 0.5) is 0 Å². The van der Waals surface area contributed by atoms with Crippen molar-refractivity contribution < 1.29 is 4.79 Å². The van der Waals surface area contributed by atoms with Crippen LogP contribution < -0.4 is 5.32 Å². The Morgan fingerprint density at radius 2 is 1.69 bits per heavy atom. The number of nitrogens with one attached hydrogen (secondary N) is 1. The minimum atomic E-state index is 0.0858. The van der Waals surface area contributed by atoms with Crippen molar-refractivity contribution >= 4 is 5.91 Å². The van der Waals surface area contributed by atoms with E-state index < -0.39 is 0 Å². The standard InChI is InChI=1S/C12H27N3O/c1-12(2,3)13-8-7-11(16)15(6)10-9-14(4)5/h13H,7-10H2,1-6H3. The lowest BCUT2D eigenvalue weighted by Crippen LogP contribution is -2.40. The van der Waals surface area contributed by atoms with Crippen LogP contribution in [0.1, 0.15) is 27.2 Å². The van der Waals surface area contributed by atoms with E-state index in [1.165, 1.54) is 0 Å². The van der Waals surface area contributed by atoms with Crippen LogP contribution in [0.5, 0.6) is 0 Å². The van der Waals surface area contributed by atoms with Gasteiger partial charge in [0.1, 0.15) is 0 Å². The first-order valence-electron chi connectivity index (χ1n) is 5.86. The van der Waals surface area contributed by atoms with Gasteiger partial charge in [-0.05, 0) is 34.9 Å². The summed E-state index contributed by atoms with van der Waals surface area (Å²) in [4.78, 5) is 15.6. The number of carbonyl (C=O) groups excluding carboxylic acids is 1. The molecule has 0 atom stereocenters. The molecule has 0 rings (SSSR count). The highest BCUT2D eigenvalue weighted by molar-refractivity contribution is 5.76. The number of hydrogen-bond donors (Lipinski definition) is 1. The first kappa shape index (κ1) is 15.4. The van der Waals surface area contributed by atoms with E-state index in [1.54, 1.807) is 4.90 Å². The average Bonchev–Trinajstić information content (AvgIpc) is 2.11. The third-order valence-corrected chi connectivity index (χ3v) is 2.30. The molecule has 0 fully saturated rings. The van der Waals surface area contributed by atoms with Crippen molar-refractivity contribution in [2.75, 3.05) is 40.8 Å². The predicted molar refractivity (Wildman–Crippen MR) is 68.6 cm³/mol. The van der Waals surface area contributed by atoms with Crippen LogP contribution in [0.3, 0.4) is 0 Å². The predicted octanol–water partition coefficient (Wildman–Crippen LogP) is 0.785. The van der Waals surface area contributed by atoms with Crippen LogP contribution in [0.25, 0.3) is 0 Å². The zero-order chi connectivity index (χ0) is 12.8. The molecular weight excluding hydrogens is 202 g/mol. The molecule has 0 aliphatic carbocycles. The van der Waals surface area contributed by atoms with Crippen LogP contribution in [0.2, 0.25) is 0 Å². The fraction of sp³-hybridized carbons (Fsp3) is 0.917. The lowest BCUT2D eigenvalue weighted by atomic mass is 10.1. The van der Waals surface area contributed by atoms with Crippen molar-refractivity contribution in [2.24, 2.45) is 0 Å². The smallest absolute Gasteiger partial charge is 0.223 e. The van der Waals surface area contributed by atoms with Crippen molar-refractivity contribution in [1.82, 2.24) is 15.1 Å². The molecule has 0 radical (unpaired) electrons. The van der Waals surface area contributed by atoms with Gasteiger partial charge in [-0.3, -0.25) is 4.79 Å². The Balaban J connectivity index is 3.71. The normalized spacial score (nSPS) is 11.9. The summed E-state index contributed by atoms with van der Waals surface area (Å²) in [7, 11) is 5.89. The number of rotatable bonds is 6. The van der Waals surface area contributed by atoms with E-state index in [1.807, 2.05) is 21.1 Å². The number of amides is 1. The Morgan fingerprint density at radius 3 is 2.12 bits per heavy atom. The van der Waals surface area contributed by atoms with Crippen LogP contribution in [-0.2, 0) is 4.79 Å². The molecule has 96 valence electrons. The molecule has 1 N–H and O–H groups in total. The van der Waals surface area contributed by atoms with Gasteiger partial charge in [0.15, 0.2) is 0 Å². The van der Waals surface area contributed by atoms with Crippen LogP contribution in [-0.4, -0.2) is 62.0 Å². The van der Waals surface area contributed by atoms with E-state index in [0.29, 0.717) is 6.42 Å². The van der Waals surface area contributed by atoms with Gasteiger partial charge in [-0.2, -0.15) is 0 Å². The first-order valence-corrected chi connectivity index (χ1v) is 5.86. The van der Waals surface area contributed by atoms with E-state index in [9.17, 15) is 4.79 Å². The van der Waals surface area contributed by atoms with Gasteiger partial charge < -0.3 is 15.1 Å². The molecule has 4 nitrogen and oxygen atoms in total. The highest BCUT2D eigenvalue weighted by Gasteiger charge is 2.12. The molecule has 0 spiro atoms. The minimum absolute atomic E-state index is 0.0858. The lowest BCUT2D eigenvalue weighted by molar-refractivity contribution is -0.129. The second-order valence-corrected chi connectivity index (χ2v) is 5.55. The van der Waals surface area contributed by atoms with Gasteiger partial charge in [0, 0.05) is 38.6 Å². The molecule has 0 aromatic rings. The first-order chi connectivity index (χ1) is 7.22. The van der Waals surface area contributed by atoms with Crippen LogP contribution in [0, 0.1) is 0 Å². The topological polar surface area (TPSA) is 35.6 Å². The summed E-state index contributed by atoms with van der Waals surface area (Å²) in [5.41, 5.74) is 0.0858. The molecular formula is C12H27N3O. The van der Waals surface area contributed by atoms with Gasteiger partial charge in [-0.25, -0.2) is 0 Å². The van der Waals surface area contributed by atoms with Gasteiger partial charge in [0.25, 0.3) is 0 Å². The van der Waals surface area contributed by atoms with Crippen molar-refractivity contribution in [2.45, 2.75) is 32.7 Å². The van der Waals surface area contributed by atoms with Gasteiger partial charge in [0.2, 0.25) is 5.91 Å². The molecule has 16 heavy (non-hydrogen) atoms. The molecule has 0 aliphatic rings. The highest BCUT2D eigenvalue weighted by Crippen LogP contribution is 1.99. The SMILES string of the molecule is CN(C)CCN(C)C(=O)CCNC(C)(C)C. The molecule has 0 aromatic carbocycles. The Hall–Kier alpha value is -0.610. The molecule has 0 heterocycles. The van der Waals surface area contributed by atoms with Crippen molar-refractivity contribution in [1.29, 1.82) is 0 Å². The maximum absolute atomic E-state index is 11.7. The molecule has 0 saturated carbocycles. The molecule has 0 bridgehead atoms. The Labute approximate surface area is 100.0 Å². The third kappa shape index (κ3) is 8.68. The minimum Gasteiger partial charge on any atom is -0.344 e. The lowest BCUT2D eigenvalue weighted by Gasteiger charge is -2.23. The van der Waals surface area contributed by atoms with E-state index >= 15 is 0 Å². The van der Waals surface area contributed by atoms with E-state index in [-0.39, 0.29) is 11.4 Å². The van der Waals surface area contributed by atoms with Crippen LogP contribution in [0.15, 0.2) is 0 Å². The Morgan fingerprint density at radius 1 is 1.12 bits per heavy atom. The molecule has 0 saturated heterocycles. The molecule has 4 heteroatoms. The summed E-state index contributed by atoms with van der Waals surface area (Å²) >= 11 is 0. The maximum atomic E-state index is 11.7. The highest BCUT2D eigenvalue weighted by atomic mass is 16.2. The summed E-state index contributed by atoms with van der Waals surface area (Å²) in [6, 6.07) is 0. The fourth-order valence-electron chi connectivity index (χ4n) is 1.21. The monoisotopic (exact) mass is 229 g/mol. The van der Waals surface area contributed by atoms with Crippen molar-refractivity contribution in [3.05, 3.63) is 0 Å². The maximum Gasteiger partial charge on any atom is 0.223 e. The van der Waals surface area contributed by atoms with E-state index in [0.717, 1.165) is 19.6 Å². The Kier molecular flexibility index (Phi) is 6.60. The number of carbonyl (C=O) groups is 1. The second kappa shape index (κ2) is 6.86. The van der Waals surface area contributed by atoms with Crippen molar-refractivity contribution in [3.63, 3.8) is 0 Å². The zero-order valence-electron chi connectivity index (χ0n) is 11.6. The number of nitrogens with zero attached hydrogens (tertiary/aromatic N) is 2. The summed E-state index contributed by atoms with van der Waals surface area (Å²) in [5, 5.41) is 3.31. The van der Waals surface area contributed by atoms with Gasteiger partial charge >= 0.3 is 0 Å². The van der Waals surface area contributed by atoms with Gasteiger partial charge in [-0.15, -0.1) is 0 Å². The summed E-state index contributed by atoms with van der Waals surface area (Å²) in [6.45, 7) is 8.76. The largest absolute Gasteiger partial charge is 0.344 e. The number of likely N-dealkylation sites (N-methyl/N-ethyl adjacent to an activating group) is 2. The summed E-state index contributed by atoms with van der Waals surface area (Å²) < 4.78 is 0. The Bertz CT molecular complexity index is 209. The molecule has 0 aliphatic heterocycles. The van der Waals surface area contributed by atoms with Gasteiger partial charge in [-0.1, -0.05) is 0 Å². The van der Waals surface area contributed by atoms with Gasteiger partial charge in [0.05, 0.1) is 0 Å². The third-order valence-electron chi connectivity index (χ3n) is 2.30. The quantitative estimate of drug-likeness (QED) is 0.731. The van der Waals surface area contributed by atoms with E-state index in [2.05, 4.69) is 31.0 Å². The average molecular weight is 229 g/mol. The second-order valence-electron chi connectivity index (χ2n) is 5.55. The zero-order valence-corrected chi connectivity index (χ0v) is 11.6. The van der Waals surface area contributed by atoms with E-state index in [4.69, 9.17) is 0 Å². The summed E-state index contributed by atoms with van der Waals surface area (Å²) in [5.74, 6) is 0.207. The molecule has 0 unspecified atom stereocenters. The summed E-state index contributed by atoms with van der Waals surface area (Å²) in [6.07, 6.45) is 0.571. The molecule has 1 amide bonds. The fourth-order valence-corrected chi connectivity index (χ4v) is 1.21. The number of hydrogen-bond acceptors (Lipinski definition) is 3.